The molecule has 0 atom stereocenters. The molecule has 0 bridgehead atoms. The van der Waals surface area contributed by atoms with Crippen molar-refractivity contribution in [3.63, 3.8) is 0 Å². The Morgan fingerprint density at radius 2 is 0.818 bits per heavy atom. The van der Waals surface area contributed by atoms with Crippen LogP contribution in [0.4, 0.5) is 0 Å². The topological polar surface area (TPSA) is 0 Å². The van der Waals surface area contributed by atoms with E-state index in [1.807, 2.05) is 0 Å². The van der Waals surface area contributed by atoms with Gasteiger partial charge in [0.2, 0.25) is 0 Å². The molecule has 0 aromatic rings. The standard InChI is InChI=1S/2C3H9P.C2H4.Pt/c2*1-4(2)3;1-2;/h2*1-3H3;1-2H2;. The molecular formula is C8H22P2Pt. The van der Waals surface area contributed by atoms with E-state index in [4.69, 9.17) is 0 Å². The van der Waals surface area contributed by atoms with Crippen molar-refractivity contribution in [2.45, 2.75) is 9.62 Å². The predicted octanol–water partition coefficient (Wildman–Crippen LogP) is 3.63. The molecule has 3 heteroatoms. The van der Waals surface area contributed by atoms with Gasteiger partial charge in [0.15, 0.2) is 0 Å². The van der Waals surface area contributed by atoms with Crippen LogP contribution in [0.1, 0.15) is 0 Å². The van der Waals surface area contributed by atoms with Crippen molar-refractivity contribution in [3.8, 4) is 0 Å². The van der Waals surface area contributed by atoms with E-state index in [9.17, 15) is 0 Å². The molecular weight excluding hydrogens is 353 g/mol. The van der Waals surface area contributed by atoms with Crippen molar-refractivity contribution in [1.29, 1.82) is 0 Å². The fourth-order valence-corrected chi connectivity index (χ4v) is 0. The molecule has 1 fully saturated rings. The van der Waals surface area contributed by atoms with Gasteiger partial charge in [0.05, 0.1) is 0 Å². The predicted molar refractivity (Wildman–Crippen MR) is 59.0 cm³/mol. The molecule has 1 rings (SSSR count). The summed E-state index contributed by atoms with van der Waals surface area (Å²) >= 11 is 0.833. The molecule has 0 amide bonds. The van der Waals surface area contributed by atoms with Crippen LogP contribution in [0.25, 0.3) is 0 Å². The van der Waals surface area contributed by atoms with Gasteiger partial charge >= 0.3 is 28.2 Å². The van der Waals surface area contributed by atoms with E-state index in [-0.39, 0.29) is 0 Å². The average molecular weight is 375 g/mol. The molecule has 11 heavy (non-hydrogen) atoms. The summed E-state index contributed by atoms with van der Waals surface area (Å²) in [5.41, 5.74) is 0. The normalized spacial score (nSPS) is 13.8. The van der Waals surface area contributed by atoms with Crippen LogP contribution in [0.5, 0.6) is 0 Å². The third kappa shape index (κ3) is 162. The van der Waals surface area contributed by atoms with Crippen molar-refractivity contribution in [1.82, 2.24) is 0 Å². The molecule has 0 radical (unpaired) electrons. The molecule has 0 saturated carbocycles. The zero-order valence-corrected chi connectivity index (χ0v) is 12.7. The fourth-order valence-electron chi connectivity index (χ4n) is 0. The molecule has 0 nitrogen and oxygen atoms in total. The van der Waals surface area contributed by atoms with E-state index in [2.05, 4.69) is 40.0 Å². The molecule has 1 saturated heterocycles. The third-order valence-electron chi connectivity index (χ3n) is 0.158. The van der Waals surface area contributed by atoms with Crippen LogP contribution in [0, 0.1) is 0 Å². The first-order valence-corrected chi connectivity index (χ1v) is 12.2. The van der Waals surface area contributed by atoms with Crippen molar-refractivity contribution >= 4 is 15.8 Å². The van der Waals surface area contributed by atoms with E-state index in [0.717, 1.165) is 18.6 Å². The summed E-state index contributed by atoms with van der Waals surface area (Å²) in [5.74, 6) is 0. The summed E-state index contributed by atoms with van der Waals surface area (Å²) in [6, 6.07) is 0. The Bertz CT molecular complexity index is 48.8. The second-order valence-corrected chi connectivity index (χ2v) is 11.9. The van der Waals surface area contributed by atoms with E-state index < -0.39 is 0 Å². The third-order valence-corrected chi connectivity index (χ3v) is 1.29. The Hall–Kier alpha value is 1.55. The Morgan fingerprint density at radius 3 is 0.818 bits per heavy atom. The SMILES string of the molecule is CP(C)C.CP(C)C.[CH2]1[CH2][Pt]1. The molecule has 0 N–H and O–H groups in total. The van der Waals surface area contributed by atoms with Crippen LogP contribution >= 0.6 is 15.8 Å². The van der Waals surface area contributed by atoms with Gasteiger partial charge in [0.25, 0.3) is 0 Å². The van der Waals surface area contributed by atoms with Gasteiger partial charge in [-0.25, -0.2) is 0 Å². The average Bonchev–Trinajstić information content (AvgIpc) is 2.36. The van der Waals surface area contributed by atoms with Gasteiger partial charge in [-0.15, -0.1) is 15.8 Å². The minimum absolute atomic E-state index is 0.380. The summed E-state index contributed by atoms with van der Waals surface area (Å²) < 4.78 is 0. The van der Waals surface area contributed by atoms with Gasteiger partial charge in [-0.1, -0.05) is 0 Å². The first-order valence-electron chi connectivity index (χ1n) is 3.63. The zero-order chi connectivity index (χ0) is 9.28. The molecule has 1 aliphatic heterocycles. The Morgan fingerprint density at radius 1 is 0.727 bits per heavy atom. The first kappa shape index (κ1) is 15.0. The Kier molecular flexibility index (Phi) is 15.8. The summed E-state index contributed by atoms with van der Waals surface area (Å²) in [5, 5.41) is 0. The van der Waals surface area contributed by atoms with Crippen molar-refractivity contribution < 1.29 is 18.6 Å². The first-order chi connectivity index (χ1) is 4.96. The quantitative estimate of drug-likeness (QED) is 0.568. The Labute approximate surface area is 84.0 Å². The molecule has 0 aromatic heterocycles. The second-order valence-electron chi connectivity index (χ2n) is 3.16. The molecule has 0 unspecified atom stereocenters. The van der Waals surface area contributed by atoms with Crippen LogP contribution in [-0.4, -0.2) is 40.0 Å². The van der Waals surface area contributed by atoms with E-state index >= 15 is 0 Å². The van der Waals surface area contributed by atoms with Gasteiger partial charge in [-0.05, 0) is 40.0 Å². The summed E-state index contributed by atoms with van der Waals surface area (Å²) in [6.07, 6.45) is 0. The van der Waals surface area contributed by atoms with Crippen molar-refractivity contribution in [3.05, 3.63) is 0 Å². The van der Waals surface area contributed by atoms with Crippen molar-refractivity contribution in [2.24, 2.45) is 0 Å². The molecule has 0 spiro atoms. The van der Waals surface area contributed by atoms with Crippen LogP contribution < -0.4 is 0 Å². The number of hydrogen-bond acceptors (Lipinski definition) is 0. The molecule has 0 aliphatic carbocycles. The fraction of sp³-hybridized carbons (Fsp3) is 1.00. The second kappa shape index (κ2) is 11.5. The Balaban J connectivity index is 0. The monoisotopic (exact) mass is 375 g/mol. The minimum atomic E-state index is 0.380. The summed E-state index contributed by atoms with van der Waals surface area (Å²) in [7, 11) is 0.759. The van der Waals surface area contributed by atoms with E-state index in [1.165, 1.54) is 0 Å². The molecule has 1 aliphatic rings. The van der Waals surface area contributed by atoms with Gasteiger partial charge in [0.1, 0.15) is 0 Å². The van der Waals surface area contributed by atoms with Crippen molar-refractivity contribution in [2.75, 3.05) is 40.0 Å². The number of rotatable bonds is 0. The van der Waals surface area contributed by atoms with Crippen LogP contribution in [-0.2, 0) is 18.6 Å². The molecule has 0 aromatic carbocycles. The van der Waals surface area contributed by atoms with Crippen LogP contribution in [0.3, 0.4) is 0 Å². The van der Waals surface area contributed by atoms with Gasteiger partial charge in [-0.2, -0.15) is 0 Å². The summed E-state index contributed by atoms with van der Waals surface area (Å²) in [4.78, 5) is 3.22. The molecule has 74 valence electrons. The number of hydrogen-bond donors (Lipinski definition) is 0. The van der Waals surface area contributed by atoms with Crippen LogP contribution in [0.15, 0.2) is 0 Å². The van der Waals surface area contributed by atoms with Gasteiger partial charge in [0, 0.05) is 0 Å². The molecule has 1 heterocycles. The zero-order valence-electron chi connectivity index (χ0n) is 8.62. The maximum absolute atomic E-state index is 2.23. The maximum atomic E-state index is 2.23. The van der Waals surface area contributed by atoms with Gasteiger partial charge < -0.3 is 0 Å². The summed E-state index contributed by atoms with van der Waals surface area (Å²) in [6.45, 7) is 13.4. The van der Waals surface area contributed by atoms with Gasteiger partial charge in [-0.3, -0.25) is 0 Å². The van der Waals surface area contributed by atoms with Crippen LogP contribution in [0.2, 0.25) is 9.62 Å². The van der Waals surface area contributed by atoms with E-state index in [0.29, 0.717) is 15.8 Å². The van der Waals surface area contributed by atoms with E-state index in [1.54, 1.807) is 9.62 Å².